The molecule has 0 bridgehead atoms. The van der Waals surface area contributed by atoms with Crippen LogP contribution in [0, 0.1) is 0 Å². The van der Waals surface area contributed by atoms with Crippen LogP contribution in [0.3, 0.4) is 0 Å². The van der Waals surface area contributed by atoms with Gasteiger partial charge >= 0.3 is 11.8 Å². The molecule has 0 aliphatic carbocycles. The second kappa shape index (κ2) is 7.49. The maximum atomic E-state index is 13.3. The normalized spacial score (nSPS) is 11.6. The molecule has 0 radical (unpaired) electrons. The number of halogens is 2. The highest BCUT2D eigenvalue weighted by atomic mass is 19.3. The number of benzene rings is 1. The lowest BCUT2D eigenvalue weighted by atomic mass is 10.3. The van der Waals surface area contributed by atoms with Crippen LogP contribution in [-0.2, 0) is 25.4 Å². The van der Waals surface area contributed by atoms with E-state index in [1.165, 1.54) is 60.7 Å². The molecule has 0 aliphatic rings. The van der Waals surface area contributed by atoms with Crippen molar-refractivity contribution in [3.63, 3.8) is 0 Å². The summed E-state index contributed by atoms with van der Waals surface area (Å²) in [6.45, 7) is 1.08. The Hall–Kier alpha value is -3.50. The number of alkyl halides is 2. The molecule has 0 saturated heterocycles. The van der Waals surface area contributed by atoms with Crippen molar-refractivity contribution >= 4 is 22.8 Å². The van der Waals surface area contributed by atoms with E-state index in [4.69, 9.17) is 0 Å². The van der Waals surface area contributed by atoms with Crippen molar-refractivity contribution in [3.05, 3.63) is 51.4 Å². The Balaban J connectivity index is 1.77. The summed E-state index contributed by atoms with van der Waals surface area (Å²) < 4.78 is 34.6. The number of aryl methyl sites for hydroxylation is 1. The van der Waals surface area contributed by atoms with Crippen LogP contribution in [-0.4, -0.2) is 30.7 Å². The van der Waals surface area contributed by atoms with Gasteiger partial charge in [-0.15, -0.1) is 0 Å². The topological polar surface area (TPSA) is 100 Å². The third-order valence-electron chi connectivity index (χ3n) is 4.35. The van der Waals surface area contributed by atoms with E-state index in [0.29, 0.717) is 5.69 Å². The molecule has 3 aromatic rings. The van der Waals surface area contributed by atoms with Gasteiger partial charge in [0.05, 0.1) is 6.33 Å². The first-order valence-electron chi connectivity index (χ1n) is 8.70. The maximum Gasteiger partial charge on any atom is 0.397 e. The smallest absolute Gasteiger partial charge is 0.397 e. The zero-order valence-corrected chi connectivity index (χ0v) is 16.0. The van der Waals surface area contributed by atoms with Crippen molar-refractivity contribution in [3.8, 4) is 5.75 Å². The molecule has 11 heteroatoms. The number of fused-ring (bicyclic) bond motifs is 1. The summed E-state index contributed by atoms with van der Waals surface area (Å²) >= 11 is 0. The first-order chi connectivity index (χ1) is 13.6. The van der Waals surface area contributed by atoms with Gasteiger partial charge in [-0.2, -0.15) is 8.78 Å². The molecule has 29 heavy (non-hydrogen) atoms. The number of aromatic nitrogens is 4. The van der Waals surface area contributed by atoms with E-state index in [1.54, 1.807) is 0 Å². The Kier molecular flexibility index (Phi) is 5.23. The van der Waals surface area contributed by atoms with Crippen molar-refractivity contribution in [2.75, 3.05) is 5.32 Å². The Morgan fingerprint density at radius 2 is 1.83 bits per heavy atom. The highest BCUT2D eigenvalue weighted by Crippen LogP contribution is 2.25. The number of nitrogens with one attached hydrogen (secondary N) is 1. The summed E-state index contributed by atoms with van der Waals surface area (Å²) in [6, 6.07) is 5.48. The average Bonchev–Trinajstić information content (AvgIpc) is 3.09. The lowest BCUT2D eigenvalue weighted by molar-refractivity contribution is -0.177. The minimum atomic E-state index is -3.26. The molecule has 1 N–H and O–H groups in total. The van der Waals surface area contributed by atoms with Crippen molar-refractivity contribution in [2.24, 2.45) is 14.1 Å². The maximum absolute atomic E-state index is 13.3. The van der Waals surface area contributed by atoms with Crippen LogP contribution in [0.4, 0.5) is 14.5 Å². The molecule has 0 spiro atoms. The molecule has 3 rings (SSSR count). The molecular weight excluding hydrogens is 388 g/mol. The molecular formula is C18H19F2N5O4. The summed E-state index contributed by atoms with van der Waals surface area (Å²) in [6.07, 6.45) is -2.43. The first-order valence-corrected chi connectivity index (χ1v) is 8.70. The SMILES string of the molecule is CCC(F)(F)Oc1ccc(NC(=O)Cn2cnc3c2c(=O)n(C)c(=O)n3C)cc1. The molecule has 0 unspecified atom stereocenters. The molecule has 9 nitrogen and oxygen atoms in total. The van der Waals surface area contributed by atoms with E-state index in [1.807, 2.05) is 0 Å². The number of imidazole rings is 1. The number of carbonyl (C=O) groups excluding carboxylic acids is 1. The summed E-state index contributed by atoms with van der Waals surface area (Å²) in [5.74, 6) is -0.493. The number of nitrogens with zero attached hydrogens (tertiary/aromatic N) is 4. The fraction of sp³-hybridized carbons (Fsp3) is 0.333. The third kappa shape index (κ3) is 4.03. The van der Waals surface area contributed by atoms with Crippen molar-refractivity contribution in [2.45, 2.75) is 26.0 Å². The molecule has 0 fully saturated rings. The molecule has 0 atom stereocenters. The van der Waals surface area contributed by atoms with Gasteiger partial charge in [0, 0.05) is 26.2 Å². The Labute approximate surface area is 163 Å². The fourth-order valence-electron chi connectivity index (χ4n) is 2.72. The number of hydrogen-bond acceptors (Lipinski definition) is 5. The molecule has 2 aromatic heterocycles. The zero-order chi connectivity index (χ0) is 21.3. The number of carbonyl (C=O) groups is 1. The van der Waals surface area contributed by atoms with E-state index in [-0.39, 0.29) is 23.5 Å². The lowest BCUT2D eigenvalue weighted by Crippen LogP contribution is -2.37. The van der Waals surface area contributed by atoms with Crippen LogP contribution in [0.15, 0.2) is 40.2 Å². The highest BCUT2D eigenvalue weighted by molar-refractivity contribution is 5.91. The van der Waals surface area contributed by atoms with E-state index in [0.717, 1.165) is 4.57 Å². The van der Waals surface area contributed by atoms with Gasteiger partial charge in [-0.25, -0.2) is 9.78 Å². The Morgan fingerprint density at radius 3 is 2.45 bits per heavy atom. The molecule has 1 amide bonds. The molecule has 0 aliphatic heterocycles. The van der Waals surface area contributed by atoms with E-state index >= 15 is 0 Å². The van der Waals surface area contributed by atoms with Crippen LogP contribution in [0.1, 0.15) is 13.3 Å². The standard InChI is InChI=1S/C18H19F2N5O4/c1-4-18(19,20)29-12-7-5-11(6-8-12)22-13(26)9-25-10-21-15-14(25)16(27)24(3)17(28)23(15)2/h5-8,10H,4,9H2,1-3H3,(H,22,26). The van der Waals surface area contributed by atoms with Crippen molar-refractivity contribution in [1.82, 2.24) is 18.7 Å². The van der Waals surface area contributed by atoms with Gasteiger partial charge < -0.3 is 14.6 Å². The average molecular weight is 407 g/mol. The van der Waals surface area contributed by atoms with Crippen LogP contribution in [0.2, 0.25) is 0 Å². The third-order valence-corrected chi connectivity index (χ3v) is 4.35. The number of hydrogen-bond donors (Lipinski definition) is 1. The van der Waals surface area contributed by atoms with Gasteiger partial charge in [-0.3, -0.25) is 18.7 Å². The number of anilines is 1. The van der Waals surface area contributed by atoms with Crippen molar-refractivity contribution in [1.29, 1.82) is 0 Å². The first kappa shape index (κ1) is 20.2. The van der Waals surface area contributed by atoms with E-state index < -0.39 is 29.7 Å². The molecule has 1 aromatic carbocycles. The highest BCUT2D eigenvalue weighted by Gasteiger charge is 2.28. The summed E-state index contributed by atoms with van der Waals surface area (Å²) in [5, 5.41) is 2.60. The van der Waals surface area contributed by atoms with Crippen LogP contribution < -0.4 is 21.3 Å². The van der Waals surface area contributed by atoms with Crippen LogP contribution in [0.25, 0.3) is 11.2 Å². The second-order valence-electron chi connectivity index (χ2n) is 6.42. The quantitative estimate of drug-likeness (QED) is 0.667. The Morgan fingerprint density at radius 1 is 1.17 bits per heavy atom. The summed E-state index contributed by atoms with van der Waals surface area (Å²) in [7, 11) is 2.82. The minimum Gasteiger partial charge on any atom is -0.433 e. The number of ether oxygens (including phenoxy) is 1. The van der Waals surface area contributed by atoms with Gasteiger partial charge in [-0.1, -0.05) is 6.92 Å². The minimum absolute atomic E-state index is 0.0279. The van der Waals surface area contributed by atoms with Gasteiger partial charge in [0.15, 0.2) is 11.2 Å². The monoisotopic (exact) mass is 407 g/mol. The molecule has 0 saturated carbocycles. The lowest BCUT2D eigenvalue weighted by Gasteiger charge is -2.16. The van der Waals surface area contributed by atoms with Gasteiger partial charge in [0.1, 0.15) is 12.3 Å². The predicted molar refractivity (Wildman–Crippen MR) is 101 cm³/mol. The van der Waals surface area contributed by atoms with Gasteiger partial charge in [0.25, 0.3) is 5.56 Å². The number of rotatable bonds is 6. The summed E-state index contributed by atoms with van der Waals surface area (Å²) in [5.41, 5.74) is -0.425. The largest absolute Gasteiger partial charge is 0.433 e. The van der Waals surface area contributed by atoms with Crippen LogP contribution in [0.5, 0.6) is 5.75 Å². The Bertz CT molecular complexity index is 1180. The second-order valence-corrected chi connectivity index (χ2v) is 6.42. The fourth-order valence-corrected chi connectivity index (χ4v) is 2.72. The van der Waals surface area contributed by atoms with E-state index in [2.05, 4.69) is 15.0 Å². The summed E-state index contributed by atoms with van der Waals surface area (Å²) in [4.78, 5) is 40.7. The molecule has 154 valence electrons. The van der Waals surface area contributed by atoms with Crippen molar-refractivity contribution < 1.29 is 18.3 Å². The zero-order valence-electron chi connectivity index (χ0n) is 16.0. The van der Waals surface area contributed by atoms with Gasteiger partial charge in [0.2, 0.25) is 5.91 Å². The molecule has 2 heterocycles. The van der Waals surface area contributed by atoms with Crippen LogP contribution >= 0.6 is 0 Å². The predicted octanol–water partition coefficient (Wildman–Crippen LogP) is 1.45. The van der Waals surface area contributed by atoms with E-state index in [9.17, 15) is 23.2 Å². The van der Waals surface area contributed by atoms with Gasteiger partial charge in [-0.05, 0) is 24.3 Å². The number of amides is 1.